The number of hydrogen-bond donors (Lipinski definition) is 0. The van der Waals surface area contributed by atoms with Crippen LogP contribution in [0.5, 0.6) is 5.75 Å². The van der Waals surface area contributed by atoms with E-state index in [4.69, 9.17) is 4.74 Å². The molecule has 1 rings (SSSR count). The number of esters is 1. The highest BCUT2D eigenvalue weighted by molar-refractivity contribution is 6.43. The quantitative estimate of drug-likeness (QED) is 0.324. The van der Waals surface area contributed by atoms with Gasteiger partial charge in [-0.1, -0.05) is 12.1 Å². The average molecular weight is 206 g/mol. The molecule has 0 bridgehead atoms. The lowest BCUT2D eigenvalue weighted by Gasteiger charge is -2.05. The van der Waals surface area contributed by atoms with Crippen LogP contribution in [-0.4, -0.2) is 17.5 Å². The maximum Gasteiger partial charge on any atom is 0.308 e. The van der Waals surface area contributed by atoms with Crippen LogP contribution in [0.4, 0.5) is 0 Å². The van der Waals surface area contributed by atoms with Crippen LogP contribution in [0, 0.1) is 0 Å². The van der Waals surface area contributed by atoms with Gasteiger partial charge in [0.05, 0.1) is 5.56 Å². The summed E-state index contributed by atoms with van der Waals surface area (Å²) in [7, 11) is 0. The summed E-state index contributed by atoms with van der Waals surface area (Å²) < 4.78 is 4.80. The number of ketones is 2. The van der Waals surface area contributed by atoms with Crippen molar-refractivity contribution in [1.29, 1.82) is 0 Å². The molecule has 4 nitrogen and oxygen atoms in total. The smallest absolute Gasteiger partial charge is 0.308 e. The molecule has 0 aromatic heterocycles. The van der Waals surface area contributed by atoms with Gasteiger partial charge in [0.25, 0.3) is 0 Å². The summed E-state index contributed by atoms with van der Waals surface area (Å²) in [6, 6.07) is 6.14. The van der Waals surface area contributed by atoms with Gasteiger partial charge in [-0.25, -0.2) is 0 Å². The van der Waals surface area contributed by atoms with Crippen LogP contribution in [0.1, 0.15) is 24.2 Å². The van der Waals surface area contributed by atoms with Gasteiger partial charge in [0.1, 0.15) is 5.75 Å². The molecule has 0 unspecified atom stereocenters. The summed E-state index contributed by atoms with van der Waals surface area (Å²) in [5, 5.41) is 0. The molecule has 0 radical (unpaired) electrons. The molecule has 0 spiro atoms. The summed E-state index contributed by atoms with van der Waals surface area (Å²) in [6.07, 6.45) is 0. The predicted octanol–water partition coefficient (Wildman–Crippen LogP) is 1.38. The highest BCUT2D eigenvalue weighted by atomic mass is 16.5. The van der Waals surface area contributed by atoms with Crippen molar-refractivity contribution in [1.82, 2.24) is 0 Å². The fourth-order valence-corrected chi connectivity index (χ4v) is 1.09. The normalized spacial score (nSPS) is 9.47. The molecule has 1 aromatic rings. The lowest BCUT2D eigenvalue weighted by Crippen LogP contribution is -2.13. The van der Waals surface area contributed by atoms with E-state index in [1.54, 1.807) is 12.1 Å². The Morgan fingerprint density at radius 1 is 1.07 bits per heavy atom. The number of ether oxygens (including phenoxy) is 1. The first-order chi connectivity index (χ1) is 7.02. The van der Waals surface area contributed by atoms with E-state index in [0.717, 1.165) is 0 Å². The van der Waals surface area contributed by atoms with E-state index in [-0.39, 0.29) is 11.3 Å². The van der Waals surface area contributed by atoms with Crippen LogP contribution in [0.15, 0.2) is 24.3 Å². The van der Waals surface area contributed by atoms with Crippen molar-refractivity contribution >= 4 is 17.5 Å². The van der Waals surface area contributed by atoms with Crippen molar-refractivity contribution in [3.63, 3.8) is 0 Å². The highest BCUT2D eigenvalue weighted by Gasteiger charge is 2.16. The molecule has 0 heterocycles. The summed E-state index contributed by atoms with van der Waals surface area (Å²) in [5.41, 5.74) is 0.111. The van der Waals surface area contributed by atoms with E-state index >= 15 is 0 Å². The van der Waals surface area contributed by atoms with Gasteiger partial charge in [0.15, 0.2) is 5.78 Å². The summed E-state index contributed by atoms with van der Waals surface area (Å²) in [6.45, 7) is 2.40. The fraction of sp³-hybridized carbons (Fsp3) is 0.182. The van der Waals surface area contributed by atoms with Crippen LogP contribution in [0.3, 0.4) is 0 Å². The Morgan fingerprint density at radius 3 is 2.20 bits per heavy atom. The molecule has 0 aliphatic carbocycles. The zero-order valence-electron chi connectivity index (χ0n) is 8.44. The van der Waals surface area contributed by atoms with Crippen LogP contribution >= 0.6 is 0 Å². The third-order valence-corrected chi connectivity index (χ3v) is 1.71. The second-order valence-electron chi connectivity index (χ2n) is 2.98. The number of rotatable bonds is 3. The minimum absolute atomic E-state index is 0.111. The molecule has 0 aliphatic rings. The van der Waals surface area contributed by atoms with Gasteiger partial charge < -0.3 is 4.74 Å². The number of carbonyl (C=O) groups excluding carboxylic acids is 3. The number of Topliss-reactive ketones (excluding diaryl/α,β-unsaturated/α-hetero) is 2. The third kappa shape index (κ3) is 2.74. The molecule has 78 valence electrons. The standard InChI is InChI=1S/C11H10O4/c1-7(12)11(14)9-5-3-4-6-10(9)15-8(2)13/h3-6H,1-2H3. The summed E-state index contributed by atoms with van der Waals surface area (Å²) >= 11 is 0. The maximum atomic E-state index is 11.4. The van der Waals surface area contributed by atoms with Gasteiger partial charge in [0, 0.05) is 13.8 Å². The lowest BCUT2D eigenvalue weighted by atomic mass is 10.1. The number of para-hydroxylation sites is 1. The van der Waals surface area contributed by atoms with Gasteiger partial charge in [-0.3, -0.25) is 14.4 Å². The zero-order chi connectivity index (χ0) is 11.4. The molecule has 15 heavy (non-hydrogen) atoms. The number of hydrogen-bond acceptors (Lipinski definition) is 4. The minimum atomic E-state index is -0.660. The van der Waals surface area contributed by atoms with Crippen LogP contribution in [0.2, 0.25) is 0 Å². The molecule has 0 aliphatic heterocycles. The van der Waals surface area contributed by atoms with Crippen LogP contribution < -0.4 is 4.74 Å². The first kappa shape index (κ1) is 11.1. The monoisotopic (exact) mass is 206 g/mol. The van der Waals surface area contributed by atoms with Crippen LogP contribution in [-0.2, 0) is 9.59 Å². The van der Waals surface area contributed by atoms with Gasteiger partial charge >= 0.3 is 5.97 Å². The Bertz CT molecular complexity index is 420. The van der Waals surface area contributed by atoms with Crippen molar-refractivity contribution in [2.24, 2.45) is 0 Å². The Kier molecular flexibility index (Phi) is 3.33. The Labute approximate surface area is 86.9 Å². The predicted molar refractivity (Wildman–Crippen MR) is 52.8 cm³/mol. The molecule has 4 heteroatoms. The molecule has 1 aromatic carbocycles. The molecule has 0 saturated heterocycles. The van der Waals surface area contributed by atoms with Gasteiger partial charge in [-0.05, 0) is 12.1 Å². The number of benzene rings is 1. The van der Waals surface area contributed by atoms with E-state index in [9.17, 15) is 14.4 Å². The molecular weight excluding hydrogens is 196 g/mol. The van der Waals surface area contributed by atoms with Crippen molar-refractivity contribution in [3.05, 3.63) is 29.8 Å². The Hall–Kier alpha value is -1.97. The second kappa shape index (κ2) is 4.50. The SMILES string of the molecule is CC(=O)Oc1ccccc1C(=O)C(C)=O. The van der Waals surface area contributed by atoms with Crippen molar-refractivity contribution in [3.8, 4) is 5.75 Å². The second-order valence-corrected chi connectivity index (χ2v) is 2.98. The van der Waals surface area contributed by atoms with E-state index in [0.29, 0.717) is 0 Å². The Balaban J connectivity index is 3.11. The maximum absolute atomic E-state index is 11.4. The molecule has 0 fully saturated rings. The van der Waals surface area contributed by atoms with Crippen molar-refractivity contribution in [2.75, 3.05) is 0 Å². The largest absolute Gasteiger partial charge is 0.426 e. The average Bonchev–Trinajstić information content (AvgIpc) is 2.16. The molecule has 0 amide bonds. The lowest BCUT2D eigenvalue weighted by molar-refractivity contribution is -0.132. The van der Waals surface area contributed by atoms with E-state index in [1.807, 2.05) is 0 Å². The number of carbonyl (C=O) groups is 3. The van der Waals surface area contributed by atoms with Crippen molar-refractivity contribution in [2.45, 2.75) is 13.8 Å². The Morgan fingerprint density at radius 2 is 1.67 bits per heavy atom. The molecule has 0 saturated carbocycles. The molecule has 0 atom stereocenters. The highest BCUT2D eigenvalue weighted by Crippen LogP contribution is 2.18. The van der Waals surface area contributed by atoms with Gasteiger partial charge in [-0.2, -0.15) is 0 Å². The van der Waals surface area contributed by atoms with Gasteiger partial charge in [-0.15, -0.1) is 0 Å². The first-order valence-electron chi connectivity index (χ1n) is 4.35. The topological polar surface area (TPSA) is 60.4 Å². The van der Waals surface area contributed by atoms with E-state index < -0.39 is 17.5 Å². The fourth-order valence-electron chi connectivity index (χ4n) is 1.09. The third-order valence-electron chi connectivity index (χ3n) is 1.71. The summed E-state index contributed by atoms with van der Waals surface area (Å²) in [5.74, 6) is -1.66. The van der Waals surface area contributed by atoms with E-state index in [1.165, 1.54) is 26.0 Å². The van der Waals surface area contributed by atoms with Crippen molar-refractivity contribution < 1.29 is 19.1 Å². The molecular formula is C11H10O4. The molecule has 0 N–H and O–H groups in total. The summed E-state index contributed by atoms with van der Waals surface area (Å²) in [4.78, 5) is 33.0. The first-order valence-corrected chi connectivity index (χ1v) is 4.35. The zero-order valence-corrected chi connectivity index (χ0v) is 8.44. The van der Waals surface area contributed by atoms with Gasteiger partial charge in [0.2, 0.25) is 5.78 Å². The minimum Gasteiger partial charge on any atom is -0.426 e. The van der Waals surface area contributed by atoms with Crippen LogP contribution in [0.25, 0.3) is 0 Å². The van der Waals surface area contributed by atoms with E-state index in [2.05, 4.69) is 0 Å².